The Balaban J connectivity index is 2.65. The molecule has 4 nitrogen and oxygen atoms in total. The van der Waals surface area contributed by atoms with Crippen molar-refractivity contribution in [3.8, 4) is 16.9 Å². The Morgan fingerprint density at radius 2 is 1.53 bits per heavy atom. The van der Waals surface area contributed by atoms with Gasteiger partial charge in [0.25, 0.3) is 0 Å². The molecule has 0 radical (unpaired) electrons. The summed E-state index contributed by atoms with van der Waals surface area (Å²) >= 11 is 0. The Hall–Kier alpha value is -2.36. The molecule has 2 aromatic carbocycles. The highest BCUT2D eigenvalue weighted by molar-refractivity contribution is 5.90. The Bertz CT molecular complexity index is 579. The third-order valence-corrected chi connectivity index (χ3v) is 2.83. The van der Waals surface area contributed by atoms with Crippen LogP contribution in [0.3, 0.4) is 0 Å². The van der Waals surface area contributed by atoms with E-state index in [4.69, 9.17) is 17.2 Å². The van der Waals surface area contributed by atoms with Crippen LogP contribution in [0.15, 0.2) is 30.3 Å². The lowest BCUT2D eigenvalue weighted by Crippen LogP contribution is -2.00. The summed E-state index contributed by atoms with van der Waals surface area (Å²) in [5, 5.41) is 9.32. The fourth-order valence-electron chi connectivity index (χ4n) is 1.78. The van der Waals surface area contributed by atoms with Crippen molar-refractivity contribution >= 4 is 17.1 Å². The van der Waals surface area contributed by atoms with Crippen molar-refractivity contribution in [3.05, 3.63) is 35.9 Å². The number of phenols is 1. The minimum atomic E-state index is 0.130. The van der Waals surface area contributed by atoms with E-state index in [1.165, 1.54) is 6.07 Å². The number of hydrogen-bond acceptors (Lipinski definition) is 4. The van der Waals surface area contributed by atoms with E-state index >= 15 is 0 Å². The van der Waals surface area contributed by atoms with Gasteiger partial charge in [-0.2, -0.15) is 0 Å². The molecule has 2 rings (SSSR count). The summed E-state index contributed by atoms with van der Waals surface area (Å²) in [6, 6.07) is 8.56. The largest absolute Gasteiger partial charge is 0.508 e. The molecule has 0 spiro atoms. The maximum absolute atomic E-state index is 9.32. The Morgan fingerprint density at radius 3 is 2.18 bits per heavy atom. The van der Waals surface area contributed by atoms with E-state index in [1.54, 1.807) is 12.1 Å². The molecule has 17 heavy (non-hydrogen) atoms. The first-order chi connectivity index (χ1) is 8.00. The summed E-state index contributed by atoms with van der Waals surface area (Å²) in [6.07, 6.45) is 0. The van der Waals surface area contributed by atoms with Gasteiger partial charge in [-0.05, 0) is 24.6 Å². The first kappa shape index (κ1) is 11.1. The molecule has 0 aliphatic rings. The second-order valence-electron chi connectivity index (χ2n) is 4.03. The zero-order chi connectivity index (χ0) is 12.6. The van der Waals surface area contributed by atoms with Gasteiger partial charge in [0.2, 0.25) is 0 Å². The van der Waals surface area contributed by atoms with E-state index in [1.807, 2.05) is 19.1 Å². The van der Waals surface area contributed by atoms with Crippen molar-refractivity contribution in [2.45, 2.75) is 6.92 Å². The highest BCUT2D eigenvalue weighted by Gasteiger charge is 2.10. The minimum absolute atomic E-state index is 0.130. The predicted octanol–water partition coefficient (Wildman–Crippen LogP) is 2.11. The van der Waals surface area contributed by atoms with Crippen LogP contribution < -0.4 is 17.2 Å². The van der Waals surface area contributed by atoms with Crippen molar-refractivity contribution in [1.82, 2.24) is 0 Å². The maximum atomic E-state index is 9.32. The molecule has 0 heterocycles. The summed E-state index contributed by atoms with van der Waals surface area (Å²) in [7, 11) is 0. The Kier molecular flexibility index (Phi) is 2.55. The molecule has 88 valence electrons. The number of nitrogens with two attached hydrogens (primary N) is 3. The van der Waals surface area contributed by atoms with Gasteiger partial charge in [0.15, 0.2) is 0 Å². The quantitative estimate of drug-likeness (QED) is 0.563. The van der Waals surface area contributed by atoms with E-state index in [-0.39, 0.29) is 5.75 Å². The van der Waals surface area contributed by atoms with E-state index in [2.05, 4.69) is 0 Å². The summed E-state index contributed by atoms with van der Waals surface area (Å²) < 4.78 is 0. The maximum Gasteiger partial charge on any atom is 0.117 e. The van der Waals surface area contributed by atoms with Crippen LogP contribution in [0.5, 0.6) is 5.75 Å². The van der Waals surface area contributed by atoms with Gasteiger partial charge in [-0.25, -0.2) is 0 Å². The van der Waals surface area contributed by atoms with Gasteiger partial charge in [0.1, 0.15) is 5.75 Å². The summed E-state index contributed by atoms with van der Waals surface area (Å²) in [5.41, 5.74) is 21.8. The Morgan fingerprint density at radius 1 is 0.882 bits per heavy atom. The lowest BCUT2D eigenvalue weighted by Gasteiger charge is -2.12. The minimum Gasteiger partial charge on any atom is -0.508 e. The third kappa shape index (κ3) is 1.85. The molecular weight excluding hydrogens is 214 g/mol. The van der Waals surface area contributed by atoms with Crippen LogP contribution in [0, 0.1) is 6.92 Å². The van der Waals surface area contributed by atoms with Crippen molar-refractivity contribution in [3.63, 3.8) is 0 Å². The van der Waals surface area contributed by atoms with E-state index < -0.39 is 0 Å². The number of hydrogen-bond donors (Lipinski definition) is 4. The number of anilines is 3. The van der Waals surface area contributed by atoms with Gasteiger partial charge in [0, 0.05) is 22.9 Å². The number of phenolic OH excluding ortho intramolecular Hbond substituents is 1. The standard InChI is InChI=1S/C13H15N3O/c1-7-2-4-10(13(16)12(7)15)9-5-3-8(17)6-11(9)14/h2-6,17H,14-16H2,1H3. The average Bonchev–Trinajstić information content (AvgIpc) is 2.28. The second-order valence-corrected chi connectivity index (χ2v) is 4.03. The molecule has 0 aliphatic carbocycles. The van der Waals surface area contributed by atoms with Gasteiger partial charge in [0.05, 0.1) is 11.4 Å². The molecule has 0 bridgehead atoms. The van der Waals surface area contributed by atoms with Crippen LogP contribution in [-0.4, -0.2) is 5.11 Å². The fraction of sp³-hybridized carbons (Fsp3) is 0.0769. The first-order valence-electron chi connectivity index (χ1n) is 5.24. The Labute approximate surface area is 99.7 Å². The molecule has 0 saturated heterocycles. The predicted molar refractivity (Wildman–Crippen MR) is 71.5 cm³/mol. The summed E-state index contributed by atoms with van der Waals surface area (Å²) in [6.45, 7) is 1.90. The molecule has 7 N–H and O–H groups in total. The normalized spacial score (nSPS) is 10.4. The van der Waals surface area contributed by atoms with Gasteiger partial charge in [-0.1, -0.05) is 12.1 Å². The van der Waals surface area contributed by atoms with Crippen LogP contribution >= 0.6 is 0 Å². The van der Waals surface area contributed by atoms with Crippen molar-refractivity contribution in [2.75, 3.05) is 17.2 Å². The van der Waals surface area contributed by atoms with Crippen LogP contribution in [-0.2, 0) is 0 Å². The number of aryl methyl sites for hydroxylation is 1. The van der Waals surface area contributed by atoms with Gasteiger partial charge in [-0.15, -0.1) is 0 Å². The molecule has 4 heteroatoms. The lowest BCUT2D eigenvalue weighted by atomic mass is 9.99. The summed E-state index contributed by atoms with van der Waals surface area (Å²) in [5.74, 6) is 0.130. The second kappa shape index (κ2) is 3.90. The van der Waals surface area contributed by atoms with Crippen molar-refractivity contribution < 1.29 is 5.11 Å². The number of aromatic hydroxyl groups is 1. The van der Waals surface area contributed by atoms with Crippen LogP contribution in [0.1, 0.15) is 5.56 Å². The molecule has 0 aromatic heterocycles. The molecule has 0 fully saturated rings. The third-order valence-electron chi connectivity index (χ3n) is 2.83. The van der Waals surface area contributed by atoms with Crippen molar-refractivity contribution in [2.24, 2.45) is 0 Å². The molecule has 2 aromatic rings. The smallest absolute Gasteiger partial charge is 0.117 e. The highest BCUT2D eigenvalue weighted by atomic mass is 16.3. The topological polar surface area (TPSA) is 98.3 Å². The van der Waals surface area contributed by atoms with Crippen LogP contribution in [0.4, 0.5) is 17.1 Å². The molecule has 0 aliphatic heterocycles. The number of benzene rings is 2. The molecule has 0 unspecified atom stereocenters. The van der Waals surface area contributed by atoms with Crippen molar-refractivity contribution in [1.29, 1.82) is 0 Å². The van der Waals surface area contributed by atoms with Gasteiger partial charge < -0.3 is 22.3 Å². The fourth-order valence-corrected chi connectivity index (χ4v) is 1.78. The molecule has 0 atom stereocenters. The monoisotopic (exact) mass is 229 g/mol. The zero-order valence-electron chi connectivity index (χ0n) is 9.57. The SMILES string of the molecule is Cc1ccc(-c2ccc(O)cc2N)c(N)c1N. The van der Waals surface area contributed by atoms with Crippen LogP contribution in [0.2, 0.25) is 0 Å². The lowest BCUT2D eigenvalue weighted by molar-refractivity contribution is 0.476. The zero-order valence-corrected chi connectivity index (χ0v) is 9.57. The number of rotatable bonds is 1. The highest BCUT2D eigenvalue weighted by Crippen LogP contribution is 2.36. The first-order valence-corrected chi connectivity index (χ1v) is 5.24. The summed E-state index contributed by atoms with van der Waals surface area (Å²) in [4.78, 5) is 0. The average molecular weight is 229 g/mol. The van der Waals surface area contributed by atoms with E-state index in [0.717, 1.165) is 16.7 Å². The van der Waals surface area contributed by atoms with Gasteiger partial charge >= 0.3 is 0 Å². The van der Waals surface area contributed by atoms with E-state index in [9.17, 15) is 5.11 Å². The van der Waals surface area contributed by atoms with Gasteiger partial charge in [-0.3, -0.25) is 0 Å². The van der Waals surface area contributed by atoms with Crippen LogP contribution in [0.25, 0.3) is 11.1 Å². The number of nitrogen functional groups attached to an aromatic ring is 3. The molecule has 0 amide bonds. The van der Waals surface area contributed by atoms with E-state index in [0.29, 0.717) is 17.1 Å². The molecule has 0 saturated carbocycles. The molecular formula is C13H15N3O.